The molecule has 0 aromatic carbocycles. The zero-order valence-corrected chi connectivity index (χ0v) is 13.2. The van der Waals surface area contributed by atoms with Gasteiger partial charge in [-0.15, -0.1) is 0 Å². The van der Waals surface area contributed by atoms with E-state index in [4.69, 9.17) is 0 Å². The Morgan fingerprint density at radius 3 is 2.85 bits per heavy atom. The summed E-state index contributed by atoms with van der Waals surface area (Å²) in [6.07, 6.45) is 3.44. The maximum absolute atomic E-state index is 12.4. The van der Waals surface area contributed by atoms with E-state index in [1.165, 1.54) is 12.3 Å². The van der Waals surface area contributed by atoms with Crippen molar-refractivity contribution in [3.63, 3.8) is 0 Å². The molecule has 2 heterocycles. The molecule has 0 aliphatic carbocycles. The molecule has 1 aromatic heterocycles. The van der Waals surface area contributed by atoms with Crippen LogP contribution in [0.3, 0.4) is 0 Å². The monoisotopic (exact) mass is 300 g/mol. The molecule has 0 radical (unpaired) electrons. The molecule has 1 aliphatic rings. The van der Waals surface area contributed by atoms with Crippen molar-refractivity contribution in [2.45, 2.75) is 44.2 Å². The molecule has 2 rings (SSSR count). The van der Waals surface area contributed by atoms with E-state index in [1.807, 2.05) is 0 Å². The lowest BCUT2D eigenvalue weighted by Gasteiger charge is -2.33. The summed E-state index contributed by atoms with van der Waals surface area (Å²) < 4.78 is 26.4. The fourth-order valence-electron chi connectivity index (χ4n) is 2.39. The molecule has 0 amide bonds. The summed E-state index contributed by atoms with van der Waals surface area (Å²) in [7, 11) is -3.42. The third kappa shape index (κ3) is 3.80. The van der Waals surface area contributed by atoms with Crippen molar-refractivity contribution in [3.05, 3.63) is 12.3 Å². The Hall–Kier alpha value is -0.920. The smallest absolute Gasteiger partial charge is 0.259 e. The van der Waals surface area contributed by atoms with Crippen LogP contribution in [0, 0.1) is 5.92 Å². The van der Waals surface area contributed by atoms with Crippen LogP contribution >= 0.6 is 0 Å². The Morgan fingerprint density at radius 2 is 2.25 bits per heavy atom. The number of rotatable bonds is 4. The van der Waals surface area contributed by atoms with Crippen LogP contribution < -0.4 is 5.32 Å². The van der Waals surface area contributed by atoms with Crippen LogP contribution in [0.25, 0.3) is 0 Å². The molecule has 1 aliphatic heterocycles. The minimum Gasteiger partial charge on any atom is -0.312 e. The van der Waals surface area contributed by atoms with E-state index >= 15 is 0 Å². The summed E-state index contributed by atoms with van der Waals surface area (Å²) in [4.78, 5) is 0. The zero-order valence-electron chi connectivity index (χ0n) is 12.4. The van der Waals surface area contributed by atoms with Gasteiger partial charge in [-0.2, -0.15) is 9.40 Å². The molecule has 0 bridgehead atoms. The maximum Gasteiger partial charge on any atom is 0.259 e. The van der Waals surface area contributed by atoms with Crippen LogP contribution in [0.1, 0.15) is 33.6 Å². The second-order valence-corrected chi connectivity index (χ2v) is 8.33. The van der Waals surface area contributed by atoms with Crippen LogP contribution in [0.5, 0.6) is 0 Å². The number of nitrogens with zero attached hydrogens (tertiary/aromatic N) is 2. The normalized spacial score (nSPS) is 22.1. The average Bonchev–Trinajstić information content (AvgIpc) is 2.90. The fourth-order valence-corrected chi connectivity index (χ4v) is 3.84. The van der Waals surface area contributed by atoms with Gasteiger partial charge in [0.05, 0.1) is 6.20 Å². The van der Waals surface area contributed by atoms with Crippen LogP contribution in [-0.2, 0) is 10.0 Å². The van der Waals surface area contributed by atoms with Crippen molar-refractivity contribution in [2.24, 2.45) is 5.92 Å². The van der Waals surface area contributed by atoms with Crippen molar-refractivity contribution < 1.29 is 8.42 Å². The first-order valence-corrected chi connectivity index (χ1v) is 8.47. The zero-order chi connectivity index (χ0) is 14.8. The van der Waals surface area contributed by atoms with E-state index in [0.717, 1.165) is 19.4 Å². The van der Waals surface area contributed by atoms with Crippen LogP contribution in [0.15, 0.2) is 17.3 Å². The topological polar surface area (TPSA) is 78.1 Å². The molecule has 0 saturated carbocycles. The Bertz CT molecular complexity index is 519. The molecule has 1 saturated heterocycles. The Labute approximate surface area is 121 Å². The molecule has 0 spiro atoms. The van der Waals surface area contributed by atoms with Crippen LogP contribution in [0.4, 0.5) is 0 Å². The highest BCUT2D eigenvalue weighted by atomic mass is 32.2. The highest BCUT2D eigenvalue weighted by molar-refractivity contribution is 7.89. The van der Waals surface area contributed by atoms with Gasteiger partial charge in [0.15, 0.2) is 5.03 Å². The van der Waals surface area contributed by atoms with Crippen molar-refractivity contribution >= 4 is 10.0 Å². The number of aromatic nitrogens is 2. The van der Waals surface area contributed by atoms with Gasteiger partial charge in [0, 0.05) is 18.6 Å². The largest absolute Gasteiger partial charge is 0.312 e. The lowest BCUT2D eigenvalue weighted by Crippen LogP contribution is -2.46. The second-order valence-electron chi connectivity index (χ2n) is 6.42. The second kappa shape index (κ2) is 5.83. The van der Waals surface area contributed by atoms with E-state index in [9.17, 15) is 8.42 Å². The van der Waals surface area contributed by atoms with Crippen LogP contribution in [-0.4, -0.2) is 48.1 Å². The molecule has 20 heavy (non-hydrogen) atoms. The number of hydrogen-bond acceptors (Lipinski definition) is 4. The molecule has 6 nitrogen and oxygen atoms in total. The first-order valence-electron chi connectivity index (χ1n) is 7.03. The number of piperidine rings is 1. The van der Waals surface area contributed by atoms with Gasteiger partial charge in [0.2, 0.25) is 0 Å². The van der Waals surface area contributed by atoms with Crippen molar-refractivity contribution in [3.8, 4) is 0 Å². The van der Waals surface area contributed by atoms with Gasteiger partial charge in [-0.3, -0.25) is 5.10 Å². The molecule has 1 fully saturated rings. The molecule has 114 valence electrons. The van der Waals surface area contributed by atoms with Crippen molar-refractivity contribution in [1.82, 2.24) is 19.8 Å². The molecule has 2 N–H and O–H groups in total. The molecular weight excluding hydrogens is 276 g/mol. The molecule has 1 unspecified atom stereocenters. The van der Waals surface area contributed by atoms with Gasteiger partial charge in [-0.05, 0) is 52.1 Å². The summed E-state index contributed by atoms with van der Waals surface area (Å²) in [6.45, 7) is 8.37. The quantitative estimate of drug-likeness (QED) is 0.876. The highest BCUT2D eigenvalue weighted by Crippen LogP contribution is 2.22. The van der Waals surface area contributed by atoms with E-state index in [-0.39, 0.29) is 10.6 Å². The van der Waals surface area contributed by atoms with E-state index in [0.29, 0.717) is 19.0 Å². The first-order chi connectivity index (χ1) is 9.29. The summed E-state index contributed by atoms with van der Waals surface area (Å²) >= 11 is 0. The Morgan fingerprint density at radius 1 is 1.50 bits per heavy atom. The van der Waals surface area contributed by atoms with Crippen molar-refractivity contribution in [2.75, 3.05) is 19.6 Å². The lowest BCUT2D eigenvalue weighted by molar-refractivity contribution is 0.244. The number of aromatic amines is 1. The SMILES string of the molecule is CC(C)(C)NCC1CCCN(S(=O)(=O)c2ccn[nH]2)C1. The minimum atomic E-state index is -3.42. The average molecular weight is 300 g/mol. The molecular formula is C13H24N4O2S. The van der Waals surface area contributed by atoms with Gasteiger partial charge >= 0.3 is 0 Å². The lowest BCUT2D eigenvalue weighted by atomic mass is 9.98. The molecule has 1 atom stereocenters. The van der Waals surface area contributed by atoms with Gasteiger partial charge in [0.25, 0.3) is 10.0 Å². The summed E-state index contributed by atoms with van der Waals surface area (Å²) in [5, 5.41) is 9.92. The maximum atomic E-state index is 12.4. The third-order valence-corrected chi connectivity index (χ3v) is 5.29. The summed E-state index contributed by atoms with van der Waals surface area (Å²) in [5.74, 6) is 0.362. The number of hydrogen-bond donors (Lipinski definition) is 2. The van der Waals surface area contributed by atoms with E-state index in [1.54, 1.807) is 4.31 Å². The Kier molecular flexibility index (Phi) is 4.51. The van der Waals surface area contributed by atoms with Crippen molar-refractivity contribution in [1.29, 1.82) is 0 Å². The molecule has 7 heteroatoms. The van der Waals surface area contributed by atoms with E-state index < -0.39 is 10.0 Å². The number of nitrogens with one attached hydrogen (secondary N) is 2. The number of H-pyrrole nitrogens is 1. The number of sulfonamides is 1. The first kappa shape index (κ1) is 15.5. The molecule has 1 aromatic rings. The van der Waals surface area contributed by atoms with Gasteiger partial charge in [-0.1, -0.05) is 0 Å². The summed E-state index contributed by atoms with van der Waals surface area (Å²) in [5.41, 5.74) is 0.0600. The van der Waals surface area contributed by atoms with Gasteiger partial charge in [-0.25, -0.2) is 8.42 Å². The fraction of sp³-hybridized carbons (Fsp3) is 0.769. The Balaban J connectivity index is 2.00. The predicted molar refractivity (Wildman–Crippen MR) is 77.8 cm³/mol. The standard InChI is InChI=1S/C13H24N4O2S/c1-13(2,3)14-9-11-5-4-8-17(10-11)20(18,19)12-6-7-15-16-12/h6-7,11,14H,4-5,8-10H2,1-3H3,(H,15,16). The minimum absolute atomic E-state index is 0.0600. The van der Waals surface area contributed by atoms with E-state index in [2.05, 4.69) is 36.3 Å². The third-order valence-electron chi connectivity index (χ3n) is 3.50. The van der Waals surface area contributed by atoms with Crippen LogP contribution in [0.2, 0.25) is 0 Å². The summed E-state index contributed by atoms with van der Waals surface area (Å²) in [6, 6.07) is 1.51. The van der Waals surface area contributed by atoms with Gasteiger partial charge in [0.1, 0.15) is 0 Å². The highest BCUT2D eigenvalue weighted by Gasteiger charge is 2.31. The van der Waals surface area contributed by atoms with Gasteiger partial charge < -0.3 is 5.32 Å². The predicted octanol–water partition coefficient (Wildman–Crippen LogP) is 1.20.